The smallest absolute Gasteiger partial charge is 0.328 e. The minimum Gasteiger partial charge on any atom is -0.454 e. The lowest BCUT2D eigenvalue weighted by atomic mass is 10.1. The number of ether oxygens (including phenoxy) is 1. The summed E-state index contributed by atoms with van der Waals surface area (Å²) < 4.78 is 4.88. The molecule has 0 saturated heterocycles. The lowest BCUT2D eigenvalue weighted by molar-refractivity contribution is -0.150. The van der Waals surface area contributed by atoms with Crippen molar-refractivity contribution < 1.29 is 19.1 Å². The zero-order valence-corrected chi connectivity index (χ0v) is 13.3. The Labute approximate surface area is 130 Å². The van der Waals surface area contributed by atoms with Gasteiger partial charge in [-0.2, -0.15) is 0 Å². The molecule has 120 valence electrons. The fourth-order valence-corrected chi connectivity index (χ4v) is 1.64. The van der Waals surface area contributed by atoms with E-state index in [4.69, 9.17) is 4.74 Å². The minimum atomic E-state index is -0.838. The summed E-state index contributed by atoms with van der Waals surface area (Å²) in [5.41, 5.74) is 0.0593. The van der Waals surface area contributed by atoms with Crippen molar-refractivity contribution in [2.45, 2.75) is 39.3 Å². The average Bonchev–Trinajstić information content (AvgIpc) is 2.43. The molecule has 0 spiro atoms. The Morgan fingerprint density at radius 3 is 2.27 bits per heavy atom. The van der Waals surface area contributed by atoms with E-state index < -0.39 is 17.6 Å². The van der Waals surface area contributed by atoms with E-state index in [1.165, 1.54) is 6.92 Å². The van der Waals surface area contributed by atoms with Crippen LogP contribution in [0.5, 0.6) is 0 Å². The second kappa shape index (κ2) is 7.59. The molecule has 0 aliphatic carbocycles. The molecule has 6 nitrogen and oxygen atoms in total. The number of esters is 1. The molecule has 0 heterocycles. The highest BCUT2D eigenvalue weighted by molar-refractivity contribution is 5.96. The standard InChI is InChI=1S/C16H22N2O4/c1-11(17-14(20)12-8-6-5-7-9-12)15(21)22-10-13(19)18-16(2,3)4/h5-9,11H,10H2,1-4H3,(H,17,20)(H,18,19)/t11-/m0/s1. The van der Waals surface area contributed by atoms with Crippen LogP contribution in [-0.4, -0.2) is 36.0 Å². The lowest BCUT2D eigenvalue weighted by Gasteiger charge is -2.20. The summed E-state index contributed by atoms with van der Waals surface area (Å²) in [6, 6.07) is 7.70. The minimum absolute atomic E-state index is 0.371. The van der Waals surface area contributed by atoms with Crippen molar-refractivity contribution in [2.75, 3.05) is 6.61 Å². The van der Waals surface area contributed by atoms with Crippen LogP contribution in [0.4, 0.5) is 0 Å². The van der Waals surface area contributed by atoms with Gasteiger partial charge in [-0.05, 0) is 39.8 Å². The van der Waals surface area contributed by atoms with E-state index in [0.717, 1.165) is 0 Å². The summed E-state index contributed by atoms with van der Waals surface area (Å²) in [6.45, 7) is 6.62. The topological polar surface area (TPSA) is 84.5 Å². The van der Waals surface area contributed by atoms with Gasteiger partial charge < -0.3 is 15.4 Å². The maximum Gasteiger partial charge on any atom is 0.328 e. The zero-order valence-electron chi connectivity index (χ0n) is 13.3. The summed E-state index contributed by atoms with van der Waals surface area (Å²) in [5.74, 6) is -1.42. The second-order valence-electron chi connectivity index (χ2n) is 5.97. The molecule has 1 aromatic rings. The van der Waals surface area contributed by atoms with Crippen molar-refractivity contribution in [3.05, 3.63) is 35.9 Å². The van der Waals surface area contributed by atoms with Gasteiger partial charge in [0.2, 0.25) is 0 Å². The lowest BCUT2D eigenvalue weighted by Crippen LogP contribution is -2.44. The van der Waals surface area contributed by atoms with Crippen molar-refractivity contribution in [1.82, 2.24) is 10.6 Å². The molecule has 2 amide bonds. The van der Waals surface area contributed by atoms with E-state index in [9.17, 15) is 14.4 Å². The number of rotatable bonds is 5. The van der Waals surface area contributed by atoms with Crippen LogP contribution in [0.15, 0.2) is 30.3 Å². The molecule has 2 N–H and O–H groups in total. The first kappa shape index (κ1) is 17.7. The Bertz CT molecular complexity index is 535. The summed E-state index contributed by atoms with van der Waals surface area (Å²) in [4.78, 5) is 35.2. The molecule has 6 heteroatoms. The molecule has 0 aliphatic heterocycles. The third kappa shape index (κ3) is 6.39. The number of nitrogens with one attached hydrogen (secondary N) is 2. The van der Waals surface area contributed by atoms with E-state index in [-0.39, 0.29) is 18.4 Å². The van der Waals surface area contributed by atoms with Gasteiger partial charge in [-0.3, -0.25) is 9.59 Å². The largest absolute Gasteiger partial charge is 0.454 e. The molecule has 0 saturated carbocycles. The molecule has 1 rings (SSSR count). The first-order valence-corrected chi connectivity index (χ1v) is 7.02. The maximum absolute atomic E-state index is 11.9. The second-order valence-corrected chi connectivity index (χ2v) is 5.97. The number of amides is 2. The van der Waals surface area contributed by atoms with E-state index in [0.29, 0.717) is 5.56 Å². The maximum atomic E-state index is 11.9. The first-order chi connectivity index (χ1) is 10.2. The van der Waals surface area contributed by atoms with Gasteiger partial charge in [-0.25, -0.2) is 4.79 Å². The van der Waals surface area contributed by atoms with Gasteiger partial charge in [-0.15, -0.1) is 0 Å². The molecule has 0 aromatic heterocycles. The van der Waals surface area contributed by atoms with Gasteiger partial charge in [0.15, 0.2) is 6.61 Å². The molecule has 0 aliphatic rings. The van der Waals surface area contributed by atoms with Crippen molar-refractivity contribution in [3.63, 3.8) is 0 Å². The number of hydrogen-bond acceptors (Lipinski definition) is 4. The zero-order chi connectivity index (χ0) is 16.8. The van der Waals surface area contributed by atoms with Crippen LogP contribution in [0.2, 0.25) is 0 Å². The molecule has 0 radical (unpaired) electrons. The monoisotopic (exact) mass is 306 g/mol. The van der Waals surface area contributed by atoms with Crippen LogP contribution in [0, 0.1) is 0 Å². The SMILES string of the molecule is C[C@H](NC(=O)c1ccccc1)C(=O)OCC(=O)NC(C)(C)C. The fourth-order valence-electron chi connectivity index (χ4n) is 1.64. The van der Waals surface area contributed by atoms with Crippen LogP contribution in [0.3, 0.4) is 0 Å². The normalized spacial score (nSPS) is 12.2. The van der Waals surface area contributed by atoms with E-state index in [2.05, 4.69) is 10.6 Å². The highest BCUT2D eigenvalue weighted by Gasteiger charge is 2.20. The Kier molecular flexibility index (Phi) is 6.10. The Balaban J connectivity index is 2.42. The third-order valence-electron chi connectivity index (χ3n) is 2.60. The molecule has 0 fully saturated rings. The van der Waals surface area contributed by atoms with Crippen LogP contribution in [-0.2, 0) is 14.3 Å². The summed E-state index contributed by atoms with van der Waals surface area (Å²) in [6.07, 6.45) is 0. The van der Waals surface area contributed by atoms with Crippen LogP contribution in [0.1, 0.15) is 38.1 Å². The van der Waals surface area contributed by atoms with Gasteiger partial charge in [-0.1, -0.05) is 18.2 Å². The predicted octanol–water partition coefficient (Wildman–Crippen LogP) is 1.26. The molecule has 0 unspecified atom stereocenters. The van der Waals surface area contributed by atoms with Crippen molar-refractivity contribution >= 4 is 17.8 Å². The molecule has 1 aromatic carbocycles. The first-order valence-electron chi connectivity index (χ1n) is 7.02. The van der Waals surface area contributed by atoms with Gasteiger partial charge in [0.1, 0.15) is 6.04 Å². The highest BCUT2D eigenvalue weighted by atomic mass is 16.5. The fraction of sp³-hybridized carbons (Fsp3) is 0.438. The Morgan fingerprint density at radius 1 is 1.14 bits per heavy atom. The third-order valence-corrected chi connectivity index (χ3v) is 2.60. The quantitative estimate of drug-likeness (QED) is 0.802. The Morgan fingerprint density at radius 2 is 1.73 bits per heavy atom. The highest BCUT2D eigenvalue weighted by Crippen LogP contribution is 2.00. The number of carbonyl (C=O) groups is 3. The summed E-state index contributed by atoms with van der Waals surface area (Å²) >= 11 is 0. The molecular weight excluding hydrogens is 284 g/mol. The van der Waals surface area contributed by atoms with Crippen molar-refractivity contribution in [2.24, 2.45) is 0 Å². The molecule has 0 bridgehead atoms. The van der Waals surface area contributed by atoms with Gasteiger partial charge in [0.25, 0.3) is 11.8 Å². The van der Waals surface area contributed by atoms with Gasteiger partial charge in [0, 0.05) is 11.1 Å². The predicted molar refractivity (Wildman–Crippen MR) is 82.2 cm³/mol. The summed E-state index contributed by atoms with van der Waals surface area (Å²) in [7, 11) is 0. The number of hydrogen-bond donors (Lipinski definition) is 2. The van der Waals surface area contributed by atoms with Crippen molar-refractivity contribution in [1.29, 1.82) is 0 Å². The average molecular weight is 306 g/mol. The van der Waals surface area contributed by atoms with Gasteiger partial charge in [0.05, 0.1) is 0 Å². The van der Waals surface area contributed by atoms with Crippen LogP contribution >= 0.6 is 0 Å². The van der Waals surface area contributed by atoms with Crippen LogP contribution < -0.4 is 10.6 Å². The molecule has 22 heavy (non-hydrogen) atoms. The van der Waals surface area contributed by atoms with E-state index >= 15 is 0 Å². The van der Waals surface area contributed by atoms with Crippen LogP contribution in [0.25, 0.3) is 0 Å². The number of benzene rings is 1. The molecular formula is C16H22N2O4. The summed E-state index contributed by atoms with van der Waals surface area (Å²) in [5, 5.41) is 5.20. The van der Waals surface area contributed by atoms with E-state index in [1.807, 2.05) is 20.8 Å². The van der Waals surface area contributed by atoms with Crippen molar-refractivity contribution in [3.8, 4) is 0 Å². The molecule has 1 atom stereocenters. The van der Waals surface area contributed by atoms with Gasteiger partial charge >= 0.3 is 5.97 Å². The number of carbonyl (C=O) groups excluding carboxylic acids is 3. The Hall–Kier alpha value is -2.37. The van der Waals surface area contributed by atoms with E-state index in [1.54, 1.807) is 30.3 Å².